The molecule has 7 heteroatoms. The number of halogens is 1. The third-order valence-corrected chi connectivity index (χ3v) is 4.77. The second-order valence-corrected chi connectivity index (χ2v) is 6.14. The Labute approximate surface area is 112 Å². The van der Waals surface area contributed by atoms with Gasteiger partial charge in [-0.2, -0.15) is 0 Å². The lowest BCUT2D eigenvalue weighted by Crippen LogP contribution is -2.42. The number of pyridine rings is 1. The van der Waals surface area contributed by atoms with E-state index in [0.29, 0.717) is 12.8 Å². The van der Waals surface area contributed by atoms with Crippen molar-refractivity contribution in [1.29, 1.82) is 0 Å². The molecule has 0 aliphatic heterocycles. The minimum atomic E-state index is -3.75. The third-order valence-electron chi connectivity index (χ3n) is 2.92. The van der Waals surface area contributed by atoms with Gasteiger partial charge in [-0.15, -0.1) is 0 Å². The standard InChI is InChI=1S/C11H17ClN2O3S/c1-3-11(15,4-2)8-14-18(16,17)9-6-5-7-13-10(9)12/h5-7,14-15H,3-4,8H2,1-2H3. The van der Waals surface area contributed by atoms with Crippen molar-refractivity contribution in [1.82, 2.24) is 9.71 Å². The molecule has 1 rings (SSSR count). The molecule has 0 aliphatic carbocycles. The fourth-order valence-corrected chi connectivity index (χ4v) is 2.95. The van der Waals surface area contributed by atoms with Crippen molar-refractivity contribution in [2.24, 2.45) is 0 Å². The summed E-state index contributed by atoms with van der Waals surface area (Å²) in [6.07, 6.45) is 2.34. The van der Waals surface area contributed by atoms with Crippen LogP contribution in [0.15, 0.2) is 23.2 Å². The summed E-state index contributed by atoms with van der Waals surface area (Å²) in [6, 6.07) is 2.86. The monoisotopic (exact) mass is 292 g/mol. The van der Waals surface area contributed by atoms with Crippen LogP contribution in [0.5, 0.6) is 0 Å². The van der Waals surface area contributed by atoms with E-state index in [1.54, 1.807) is 13.8 Å². The molecule has 0 spiro atoms. The van der Waals surface area contributed by atoms with Crippen molar-refractivity contribution < 1.29 is 13.5 Å². The van der Waals surface area contributed by atoms with Crippen molar-refractivity contribution in [2.75, 3.05) is 6.54 Å². The maximum absolute atomic E-state index is 12.0. The summed E-state index contributed by atoms with van der Waals surface area (Å²) in [5, 5.41) is 9.95. The molecule has 0 saturated heterocycles. The summed E-state index contributed by atoms with van der Waals surface area (Å²) in [5.41, 5.74) is -1.04. The van der Waals surface area contributed by atoms with E-state index in [1.807, 2.05) is 0 Å². The Morgan fingerprint density at radius 1 is 1.44 bits per heavy atom. The summed E-state index contributed by atoms with van der Waals surface area (Å²) >= 11 is 5.73. The fourth-order valence-electron chi connectivity index (χ4n) is 1.38. The highest BCUT2D eigenvalue weighted by atomic mass is 35.5. The highest BCUT2D eigenvalue weighted by molar-refractivity contribution is 7.89. The maximum Gasteiger partial charge on any atom is 0.243 e. The van der Waals surface area contributed by atoms with Crippen molar-refractivity contribution >= 4 is 21.6 Å². The highest BCUT2D eigenvalue weighted by Gasteiger charge is 2.26. The minimum Gasteiger partial charge on any atom is -0.389 e. The Kier molecular flexibility index (Phi) is 5.10. The van der Waals surface area contributed by atoms with Crippen LogP contribution in [0.25, 0.3) is 0 Å². The number of sulfonamides is 1. The van der Waals surface area contributed by atoms with E-state index < -0.39 is 15.6 Å². The first kappa shape index (κ1) is 15.4. The third kappa shape index (κ3) is 3.65. The summed E-state index contributed by atoms with van der Waals surface area (Å²) < 4.78 is 26.3. The molecule has 0 radical (unpaired) electrons. The Hall–Kier alpha value is -0.690. The smallest absolute Gasteiger partial charge is 0.243 e. The molecule has 0 bridgehead atoms. The van der Waals surface area contributed by atoms with Gasteiger partial charge < -0.3 is 5.11 Å². The number of hydrogen-bond acceptors (Lipinski definition) is 4. The molecule has 102 valence electrons. The zero-order chi connectivity index (χ0) is 13.8. The first-order valence-corrected chi connectivity index (χ1v) is 7.53. The lowest BCUT2D eigenvalue weighted by Gasteiger charge is -2.25. The van der Waals surface area contributed by atoms with Crippen molar-refractivity contribution in [3.63, 3.8) is 0 Å². The lowest BCUT2D eigenvalue weighted by atomic mass is 9.98. The fraction of sp³-hybridized carbons (Fsp3) is 0.545. The van der Waals surface area contributed by atoms with E-state index in [0.717, 1.165) is 0 Å². The van der Waals surface area contributed by atoms with Gasteiger partial charge in [0.25, 0.3) is 0 Å². The molecule has 0 saturated carbocycles. The van der Waals surface area contributed by atoms with Gasteiger partial charge in [-0.05, 0) is 25.0 Å². The van der Waals surface area contributed by atoms with E-state index >= 15 is 0 Å². The number of nitrogens with one attached hydrogen (secondary N) is 1. The molecular formula is C11H17ClN2O3S. The summed E-state index contributed by atoms with van der Waals surface area (Å²) in [7, 11) is -3.75. The molecule has 0 fully saturated rings. The molecule has 0 unspecified atom stereocenters. The maximum atomic E-state index is 12.0. The minimum absolute atomic E-state index is 0.0481. The first-order valence-electron chi connectivity index (χ1n) is 5.67. The van der Waals surface area contributed by atoms with Gasteiger partial charge in [0, 0.05) is 12.7 Å². The summed E-state index contributed by atoms with van der Waals surface area (Å²) in [6.45, 7) is 3.55. The molecular weight excluding hydrogens is 276 g/mol. The number of nitrogens with zero attached hydrogens (tertiary/aromatic N) is 1. The van der Waals surface area contributed by atoms with Crippen LogP contribution < -0.4 is 4.72 Å². The van der Waals surface area contributed by atoms with E-state index in [9.17, 15) is 13.5 Å². The molecule has 0 amide bonds. The Morgan fingerprint density at radius 3 is 2.56 bits per heavy atom. The second kappa shape index (κ2) is 5.97. The van der Waals surface area contributed by atoms with Crippen LogP contribution in [-0.4, -0.2) is 30.7 Å². The molecule has 1 aromatic rings. The van der Waals surface area contributed by atoms with Crippen LogP contribution in [0, 0.1) is 0 Å². The first-order chi connectivity index (χ1) is 8.34. The zero-order valence-corrected chi connectivity index (χ0v) is 11.9. The van der Waals surface area contributed by atoms with E-state index in [2.05, 4.69) is 9.71 Å². The van der Waals surface area contributed by atoms with Gasteiger partial charge in [-0.3, -0.25) is 0 Å². The van der Waals surface area contributed by atoms with Gasteiger partial charge in [-0.25, -0.2) is 18.1 Å². The van der Waals surface area contributed by atoms with Crippen LogP contribution in [-0.2, 0) is 10.0 Å². The number of rotatable bonds is 6. The molecule has 5 nitrogen and oxygen atoms in total. The highest BCUT2D eigenvalue weighted by Crippen LogP contribution is 2.19. The predicted molar refractivity (Wildman–Crippen MR) is 70.0 cm³/mol. The van der Waals surface area contributed by atoms with Crippen LogP contribution in [0.2, 0.25) is 5.15 Å². The number of aliphatic hydroxyl groups is 1. The predicted octanol–water partition coefficient (Wildman–Crippen LogP) is 1.56. The summed E-state index contributed by atoms with van der Waals surface area (Å²) in [4.78, 5) is 3.63. The van der Waals surface area contributed by atoms with Crippen LogP contribution in [0.4, 0.5) is 0 Å². The SMILES string of the molecule is CCC(O)(CC)CNS(=O)(=O)c1cccnc1Cl. The second-order valence-electron chi connectivity index (χ2n) is 4.05. The normalized spacial score (nSPS) is 12.7. The summed E-state index contributed by atoms with van der Waals surface area (Å²) in [5.74, 6) is 0. The van der Waals surface area contributed by atoms with E-state index in [-0.39, 0.29) is 16.6 Å². The molecule has 2 N–H and O–H groups in total. The van der Waals surface area contributed by atoms with Crippen LogP contribution in [0.3, 0.4) is 0 Å². The van der Waals surface area contributed by atoms with E-state index in [4.69, 9.17) is 11.6 Å². The Balaban J connectivity index is 2.88. The Morgan fingerprint density at radius 2 is 2.06 bits per heavy atom. The van der Waals surface area contributed by atoms with Gasteiger partial charge in [0.15, 0.2) is 0 Å². The molecule has 0 aliphatic rings. The number of hydrogen-bond donors (Lipinski definition) is 2. The van der Waals surface area contributed by atoms with Gasteiger partial charge >= 0.3 is 0 Å². The molecule has 0 aromatic carbocycles. The topological polar surface area (TPSA) is 79.3 Å². The average molecular weight is 293 g/mol. The van der Waals surface area contributed by atoms with Crippen molar-refractivity contribution in [3.8, 4) is 0 Å². The van der Waals surface area contributed by atoms with Gasteiger partial charge in [-0.1, -0.05) is 25.4 Å². The quantitative estimate of drug-likeness (QED) is 0.780. The van der Waals surface area contributed by atoms with Gasteiger partial charge in [0.05, 0.1) is 5.60 Å². The van der Waals surface area contributed by atoms with Gasteiger partial charge in [0.1, 0.15) is 10.0 Å². The van der Waals surface area contributed by atoms with Crippen molar-refractivity contribution in [3.05, 3.63) is 23.5 Å². The van der Waals surface area contributed by atoms with Crippen molar-refractivity contribution in [2.45, 2.75) is 37.2 Å². The largest absolute Gasteiger partial charge is 0.389 e. The average Bonchev–Trinajstić information content (AvgIpc) is 2.36. The van der Waals surface area contributed by atoms with Crippen LogP contribution >= 0.6 is 11.6 Å². The zero-order valence-electron chi connectivity index (χ0n) is 10.4. The molecule has 1 heterocycles. The van der Waals surface area contributed by atoms with Gasteiger partial charge in [0.2, 0.25) is 10.0 Å². The van der Waals surface area contributed by atoms with Crippen LogP contribution in [0.1, 0.15) is 26.7 Å². The lowest BCUT2D eigenvalue weighted by molar-refractivity contribution is 0.0377. The number of aromatic nitrogens is 1. The molecule has 1 aromatic heterocycles. The Bertz CT molecular complexity index is 501. The van der Waals surface area contributed by atoms with E-state index in [1.165, 1.54) is 18.3 Å². The molecule has 18 heavy (non-hydrogen) atoms. The molecule has 0 atom stereocenters.